The zero-order valence-corrected chi connectivity index (χ0v) is 14.6. The van der Waals surface area contributed by atoms with Crippen LogP contribution in [0, 0.1) is 0 Å². The summed E-state index contributed by atoms with van der Waals surface area (Å²) in [5.74, 6) is 0.673. The molecule has 0 atom stereocenters. The minimum Gasteiger partial charge on any atom is -0.383 e. The molecule has 0 spiro atoms. The molecule has 2 heterocycles. The molecule has 0 aliphatic carbocycles. The van der Waals surface area contributed by atoms with Crippen LogP contribution < -0.4 is 5.73 Å². The summed E-state index contributed by atoms with van der Waals surface area (Å²) in [6, 6.07) is 12.2. The highest BCUT2D eigenvalue weighted by molar-refractivity contribution is 9.13. The van der Waals surface area contributed by atoms with Crippen LogP contribution in [0.15, 0.2) is 44.7 Å². The first kappa shape index (κ1) is 13.9. The van der Waals surface area contributed by atoms with Gasteiger partial charge < -0.3 is 5.73 Å². The van der Waals surface area contributed by atoms with Crippen LogP contribution in [0.3, 0.4) is 0 Å². The summed E-state index contributed by atoms with van der Waals surface area (Å²) in [6.07, 6.45) is 0. The molecule has 0 amide bonds. The minimum absolute atomic E-state index is 0.673. The first-order valence-corrected chi connectivity index (χ1v) is 8.31. The van der Waals surface area contributed by atoms with Gasteiger partial charge in [0.05, 0.1) is 14.2 Å². The van der Waals surface area contributed by atoms with Gasteiger partial charge in [0.2, 0.25) is 0 Å². The molecule has 0 saturated heterocycles. The third-order valence-corrected chi connectivity index (χ3v) is 6.30. The molecular weight excluding hydrogens is 402 g/mol. The molecule has 0 bridgehead atoms. The van der Waals surface area contributed by atoms with Gasteiger partial charge in [0, 0.05) is 11.5 Å². The third kappa shape index (κ3) is 2.32. The van der Waals surface area contributed by atoms with E-state index in [2.05, 4.69) is 55.2 Å². The van der Waals surface area contributed by atoms with Gasteiger partial charge in [-0.25, -0.2) is 0 Å². The number of halogens is 2. The lowest BCUT2D eigenvalue weighted by Crippen LogP contribution is -1.97. The smallest absolute Gasteiger partial charge is 0.129 e. The van der Waals surface area contributed by atoms with E-state index < -0.39 is 0 Å². The Bertz CT molecular complexity index is 743. The Morgan fingerprint density at radius 3 is 2.50 bits per heavy atom. The van der Waals surface area contributed by atoms with Gasteiger partial charge >= 0.3 is 0 Å². The van der Waals surface area contributed by atoms with Crippen molar-refractivity contribution in [2.24, 2.45) is 7.05 Å². The highest BCUT2D eigenvalue weighted by Gasteiger charge is 2.19. The Morgan fingerprint density at radius 1 is 1.20 bits per heavy atom. The molecule has 0 unspecified atom stereocenters. The average Bonchev–Trinajstić information content (AvgIpc) is 2.93. The van der Waals surface area contributed by atoms with E-state index in [1.54, 1.807) is 16.0 Å². The quantitative estimate of drug-likeness (QED) is 0.648. The molecule has 0 saturated carbocycles. The molecule has 0 radical (unpaired) electrons. The number of hydrogen-bond acceptors (Lipinski definition) is 3. The maximum Gasteiger partial charge on any atom is 0.129 e. The summed E-state index contributed by atoms with van der Waals surface area (Å²) in [5.41, 5.74) is 9.17. The first-order chi connectivity index (χ1) is 9.58. The van der Waals surface area contributed by atoms with Crippen molar-refractivity contribution < 1.29 is 0 Å². The van der Waals surface area contributed by atoms with Crippen molar-refractivity contribution in [3.05, 3.63) is 44.7 Å². The maximum atomic E-state index is 6.20. The number of nitrogens with zero attached hydrogens (tertiary/aromatic N) is 2. The molecule has 0 aliphatic rings. The average molecular weight is 413 g/mol. The van der Waals surface area contributed by atoms with E-state index in [9.17, 15) is 0 Å². The fourth-order valence-electron chi connectivity index (χ4n) is 2.06. The van der Waals surface area contributed by atoms with Gasteiger partial charge in [-0.15, -0.1) is 11.3 Å². The number of anilines is 1. The third-order valence-electron chi connectivity index (χ3n) is 3.03. The number of benzene rings is 1. The number of thiophene rings is 1. The van der Waals surface area contributed by atoms with Crippen LogP contribution in [0.5, 0.6) is 0 Å². The van der Waals surface area contributed by atoms with Crippen LogP contribution in [-0.4, -0.2) is 9.78 Å². The molecule has 1 aromatic carbocycles. The summed E-state index contributed by atoms with van der Waals surface area (Å²) in [6.45, 7) is 0. The second kappa shape index (κ2) is 5.35. The van der Waals surface area contributed by atoms with E-state index in [-0.39, 0.29) is 0 Å². The van der Waals surface area contributed by atoms with Crippen molar-refractivity contribution in [2.75, 3.05) is 5.73 Å². The molecule has 6 heteroatoms. The monoisotopic (exact) mass is 411 g/mol. The Morgan fingerprint density at radius 2 is 1.90 bits per heavy atom. The van der Waals surface area contributed by atoms with E-state index in [1.165, 1.54) is 0 Å². The number of aryl methyl sites for hydroxylation is 1. The zero-order chi connectivity index (χ0) is 14.3. The van der Waals surface area contributed by atoms with Crippen LogP contribution in [0.2, 0.25) is 0 Å². The lowest BCUT2D eigenvalue weighted by molar-refractivity contribution is 0.783. The van der Waals surface area contributed by atoms with Crippen LogP contribution in [0.1, 0.15) is 0 Å². The molecule has 0 aliphatic heterocycles. The van der Waals surface area contributed by atoms with E-state index >= 15 is 0 Å². The Balaban J connectivity index is 2.24. The first-order valence-electron chi connectivity index (χ1n) is 5.91. The summed E-state index contributed by atoms with van der Waals surface area (Å²) in [7, 11) is 1.86. The highest BCUT2D eigenvalue weighted by Crippen LogP contribution is 2.43. The molecule has 3 nitrogen and oxygen atoms in total. The molecule has 102 valence electrons. The number of nitrogens with two attached hydrogens (primary N) is 1. The van der Waals surface area contributed by atoms with E-state index in [0.29, 0.717) is 5.82 Å². The van der Waals surface area contributed by atoms with Gasteiger partial charge in [-0.05, 0) is 43.5 Å². The van der Waals surface area contributed by atoms with Crippen LogP contribution in [0.25, 0.3) is 21.7 Å². The second-order valence-electron chi connectivity index (χ2n) is 4.33. The van der Waals surface area contributed by atoms with Gasteiger partial charge in [-0.1, -0.05) is 30.3 Å². The summed E-state index contributed by atoms with van der Waals surface area (Å²) < 4.78 is 3.80. The number of rotatable bonds is 2. The van der Waals surface area contributed by atoms with Gasteiger partial charge in [-0.2, -0.15) is 5.10 Å². The predicted octanol–water partition coefficient (Wildman–Crippen LogP) is 4.92. The van der Waals surface area contributed by atoms with Crippen molar-refractivity contribution >= 4 is 49.0 Å². The lowest BCUT2D eigenvalue weighted by atomic mass is 10.0. The number of nitrogen functional groups attached to an aromatic ring is 1. The molecule has 0 fully saturated rings. The van der Waals surface area contributed by atoms with E-state index in [1.807, 2.05) is 25.2 Å². The van der Waals surface area contributed by atoms with Crippen LogP contribution in [-0.2, 0) is 7.05 Å². The van der Waals surface area contributed by atoms with E-state index in [4.69, 9.17) is 5.73 Å². The highest BCUT2D eigenvalue weighted by atomic mass is 79.9. The lowest BCUT2D eigenvalue weighted by Gasteiger charge is -2.02. The SMILES string of the molecule is Cn1nc(-c2cc(Br)c(Br)s2)c(-c2ccccc2)c1N. The summed E-state index contributed by atoms with van der Waals surface area (Å²) in [5, 5.41) is 4.57. The van der Waals surface area contributed by atoms with Crippen molar-refractivity contribution in [1.29, 1.82) is 0 Å². The molecule has 2 N–H and O–H groups in total. The second-order valence-corrected chi connectivity index (χ2v) is 7.56. The Hall–Kier alpha value is -1.11. The van der Waals surface area contributed by atoms with Crippen molar-refractivity contribution in [3.8, 4) is 21.7 Å². The topological polar surface area (TPSA) is 43.8 Å². The Labute approximate surface area is 137 Å². The predicted molar refractivity (Wildman–Crippen MR) is 91.8 cm³/mol. The van der Waals surface area contributed by atoms with Gasteiger partial charge in [0.15, 0.2) is 0 Å². The number of aromatic nitrogens is 2. The molecular formula is C14H11Br2N3S. The Kier molecular flexibility index (Phi) is 3.70. The van der Waals surface area contributed by atoms with Crippen molar-refractivity contribution in [1.82, 2.24) is 9.78 Å². The summed E-state index contributed by atoms with van der Waals surface area (Å²) >= 11 is 8.68. The number of hydrogen-bond donors (Lipinski definition) is 1. The largest absolute Gasteiger partial charge is 0.383 e. The molecule has 2 aromatic heterocycles. The molecule has 3 aromatic rings. The van der Waals surface area contributed by atoms with Crippen molar-refractivity contribution in [2.45, 2.75) is 0 Å². The minimum atomic E-state index is 0.673. The fraction of sp³-hybridized carbons (Fsp3) is 0.0714. The van der Waals surface area contributed by atoms with Crippen LogP contribution >= 0.6 is 43.2 Å². The van der Waals surface area contributed by atoms with Gasteiger partial charge in [0.1, 0.15) is 11.5 Å². The maximum absolute atomic E-state index is 6.20. The summed E-state index contributed by atoms with van der Waals surface area (Å²) in [4.78, 5) is 1.08. The van der Waals surface area contributed by atoms with E-state index in [0.717, 1.165) is 30.0 Å². The zero-order valence-electron chi connectivity index (χ0n) is 10.6. The normalized spacial score (nSPS) is 10.9. The molecule has 3 rings (SSSR count). The fourth-order valence-corrected chi connectivity index (χ4v) is 4.09. The van der Waals surface area contributed by atoms with Crippen LogP contribution in [0.4, 0.5) is 5.82 Å². The van der Waals surface area contributed by atoms with Gasteiger partial charge in [0.25, 0.3) is 0 Å². The van der Waals surface area contributed by atoms with Gasteiger partial charge in [-0.3, -0.25) is 4.68 Å². The standard InChI is InChI=1S/C14H11Br2N3S/c1-19-14(17)11(8-5-3-2-4-6-8)12(18-19)10-7-9(15)13(16)20-10/h2-7H,17H2,1H3. The molecule has 20 heavy (non-hydrogen) atoms. The van der Waals surface area contributed by atoms with Crippen molar-refractivity contribution in [3.63, 3.8) is 0 Å².